The number of rotatable bonds is 2. The third kappa shape index (κ3) is 3.69. The van der Waals surface area contributed by atoms with Crippen molar-refractivity contribution in [3.8, 4) is 17.0 Å². The summed E-state index contributed by atoms with van der Waals surface area (Å²) in [4.78, 5) is 30.4. The number of alkyl halides is 3. The molecule has 0 bridgehead atoms. The summed E-state index contributed by atoms with van der Waals surface area (Å²) in [6.07, 6.45) is 0. The maximum Gasteiger partial charge on any atom is 0.278 e. The highest BCUT2D eigenvalue weighted by Crippen LogP contribution is 2.38. The van der Waals surface area contributed by atoms with Crippen LogP contribution in [0.25, 0.3) is 11.3 Å². The number of halogens is 3. The van der Waals surface area contributed by atoms with Crippen LogP contribution < -0.4 is 15.0 Å². The minimum Gasteiger partial charge on any atom is -0.482 e. The van der Waals surface area contributed by atoms with Crippen molar-refractivity contribution in [2.75, 3.05) is 23.9 Å². The first-order valence-corrected chi connectivity index (χ1v) is 9.01. The van der Waals surface area contributed by atoms with Crippen molar-refractivity contribution in [3.63, 3.8) is 0 Å². The molecule has 2 amide bonds. The molecular weight excluding hydrogens is 409 g/mol. The molecule has 0 spiro atoms. The van der Waals surface area contributed by atoms with Crippen molar-refractivity contribution < 1.29 is 14.3 Å². The third-order valence-corrected chi connectivity index (χ3v) is 4.99. The van der Waals surface area contributed by atoms with E-state index in [0.29, 0.717) is 22.3 Å². The number of carbonyl (C=O) groups excluding carboxylic acids is 2. The van der Waals surface area contributed by atoms with Gasteiger partial charge in [-0.3, -0.25) is 14.9 Å². The normalized spacial score (nSPS) is 14.1. The van der Waals surface area contributed by atoms with Gasteiger partial charge in [0, 0.05) is 17.5 Å². The average Bonchev–Trinajstić information content (AvgIpc) is 2.90. The van der Waals surface area contributed by atoms with Gasteiger partial charge >= 0.3 is 0 Å². The van der Waals surface area contributed by atoms with Gasteiger partial charge in [0.05, 0.1) is 11.4 Å². The van der Waals surface area contributed by atoms with E-state index in [9.17, 15) is 9.59 Å². The largest absolute Gasteiger partial charge is 0.482 e. The Labute approximate surface area is 162 Å². The fourth-order valence-corrected chi connectivity index (χ4v) is 3.28. The van der Waals surface area contributed by atoms with Gasteiger partial charge in [0.1, 0.15) is 5.75 Å². The Kier molecular flexibility index (Phi) is 4.85. The first-order valence-electron chi connectivity index (χ1n) is 7.06. The van der Waals surface area contributed by atoms with Gasteiger partial charge in [-0.05, 0) is 25.1 Å². The molecule has 0 fully saturated rings. The lowest BCUT2D eigenvalue weighted by molar-refractivity contribution is -0.121. The monoisotopic (exact) mass is 419 g/mol. The number of fused-ring (bicyclic) bond motifs is 1. The van der Waals surface area contributed by atoms with Gasteiger partial charge < -0.3 is 9.64 Å². The summed E-state index contributed by atoms with van der Waals surface area (Å²) in [5.74, 6) is -0.277. The number of ether oxygens (including phenoxy) is 1. The van der Waals surface area contributed by atoms with Gasteiger partial charge in [-0.2, -0.15) is 0 Å². The maximum atomic E-state index is 11.8. The van der Waals surface area contributed by atoms with Crippen LogP contribution >= 0.6 is 46.1 Å². The van der Waals surface area contributed by atoms with Crippen LogP contribution in [0.1, 0.15) is 4.88 Å². The molecule has 2 heterocycles. The van der Waals surface area contributed by atoms with E-state index in [2.05, 4.69) is 10.3 Å². The molecule has 1 aromatic heterocycles. The lowest BCUT2D eigenvalue weighted by Crippen LogP contribution is -2.35. The highest BCUT2D eigenvalue weighted by Gasteiger charge is 2.31. The van der Waals surface area contributed by atoms with Crippen LogP contribution in [0.3, 0.4) is 0 Å². The van der Waals surface area contributed by atoms with Crippen LogP contribution in [-0.4, -0.2) is 34.2 Å². The van der Waals surface area contributed by atoms with Gasteiger partial charge in [0.2, 0.25) is 0 Å². The second kappa shape index (κ2) is 6.64. The molecule has 1 aliphatic heterocycles. The fraction of sp³-hybridized carbons (Fsp3) is 0.267. The van der Waals surface area contributed by atoms with Crippen molar-refractivity contribution in [1.29, 1.82) is 0 Å². The molecule has 0 atom stereocenters. The Morgan fingerprint density at radius 2 is 2.12 bits per heavy atom. The molecule has 1 N–H and O–H groups in total. The first-order chi connectivity index (χ1) is 11.7. The molecule has 25 heavy (non-hydrogen) atoms. The van der Waals surface area contributed by atoms with E-state index in [0.717, 1.165) is 10.4 Å². The summed E-state index contributed by atoms with van der Waals surface area (Å²) in [6, 6.07) is 5.44. The molecule has 3 rings (SSSR count). The molecule has 1 aliphatic rings. The second-order valence-corrected chi connectivity index (χ2v) is 8.78. The molecular formula is C15H12Cl3N3O3S. The number of hydrogen-bond donors (Lipinski definition) is 1. The summed E-state index contributed by atoms with van der Waals surface area (Å²) < 4.78 is 3.35. The van der Waals surface area contributed by atoms with E-state index in [1.807, 2.05) is 19.1 Å². The molecule has 0 saturated heterocycles. The summed E-state index contributed by atoms with van der Waals surface area (Å²) >= 11 is 17.9. The minimum absolute atomic E-state index is 0.0196. The van der Waals surface area contributed by atoms with E-state index < -0.39 is 9.70 Å². The SMILES string of the molecule is Cc1sc(NC(=O)C(Cl)(Cl)Cl)nc1-c1ccc2c(c1)N(C)C(=O)CO2. The number of nitrogens with zero attached hydrogens (tertiary/aromatic N) is 2. The van der Waals surface area contributed by atoms with Gasteiger partial charge in [-0.1, -0.05) is 34.8 Å². The zero-order chi connectivity index (χ0) is 18.4. The van der Waals surface area contributed by atoms with Crippen LogP contribution in [0.4, 0.5) is 10.8 Å². The first kappa shape index (κ1) is 18.3. The van der Waals surface area contributed by atoms with Crippen LogP contribution in [0, 0.1) is 6.92 Å². The Bertz CT molecular complexity index is 863. The number of amides is 2. The number of aryl methyl sites for hydroxylation is 1. The number of thiazole rings is 1. The van der Waals surface area contributed by atoms with E-state index >= 15 is 0 Å². The molecule has 132 valence electrons. The van der Waals surface area contributed by atoms with Crippen molar-refractivity contribution in [3.05, 3.63) is 23.1 Å². The van der Waals surface area contributed by atoms with Gasteiger partial charge in [0.25, 0.3) is 15.6 Å². The predicted molar refractivity (Wildman–Crippen MR) is 100 cm³/mol. The maximum absolute atomic E-state index is 11.8. The Morgan fingerprint density at radius 1 is 1.40 bits per heavy atom. The van der Waals surface area contributed by atoms with Gasteiger partial charge in [0.15, 0.2) is 11.7 Å². The van der Waals surface area contributed by atoms with Gasteiger partial charge in [-0.15, -0.1) is 11.3 Å². The van der Waals surface area contributed by atoms with Crippen molar-refractivity contribution in [2.24, 2.45) is 0 Å². The summed E-state index contributed by atoms with van der Waals surface area (Å²) in [6.45, 7) is 1.88. The second-order valence-electron chi connectivity index (χ2n) is 5.30. The quantitative estimate of drug-likeness (QED) is 0.751. The summed E-state index contributed by atoms with van der Waals surface area (Å²) in [7, 11) is 1.69. The summed E-state index contributed by atoms with van der Waals surface area (Å²) in [5, 5.41) is 2.80. The average molecular weight is 421 g/mol. The molecule has 1 aromatic carbocycles. The predicted octanol–water partition coefficient (Wildman–Crippen LogP) is 3.78. The molecule has 0 saturated carbocycles. The van der Waals surface area contributed by atoms with Crippen molar-refractivity contribution in [1.82, 2.24) is 4.98 Å². The zero-order valence-electron chi connectivity index (χ0n) is 13.1. The zero-order valence-corrected chi connectivity index (χ0v) is 16.2. The Hall–Kier alpha value is -1.54. The molecule has 2 aromatic rings. The van der Waals surface area contributed by atoms with Gasteiger partial charge in [-0.25, -0.2) is 4.98 Å². The standard InChI is InChI=1S/C15H12Cl3N3O3S/c1-7-12(19-14(25-7)20-13(23)15(16,17)18)8-3-4-10-9(5-8)21(2)11(22)6-24-10/h3-5H,6H2,1-2H3,(H,19,20,23). The van der Waals surface area contributed by atoms with E-state index in [-0.39, 0.29) is 12.5 Å². The topological polar surface area (TPSA) is 71.5 Å². The number of likely N-dealkylation sites (N-methyl/N-ethyl adjacent to an activating group) is 1. The number of benzene rings is 1. The fourth-order valence-electron chi connectivity index (χ4n) is 2.31. The molecule has 0 aliphatic carbocycles. The van der Waals surface area contributed by atoms with E-state index in [1.54, 1.807) is 13.1 Å². The number of hydrogen-bond acceptors (Lipinski definition) is 5. The van der Waals surface area contributed by atoms with Crippen molar-refractivity contribution >= 4 is 68.8 Å². The molecule has 10 heteroatoms. The van der Waals surface area contributed by atoms with Crippen LogP contribution in [0.2, 0.25) is 0 Å². The Balaban J connectivity index is 1.93. The summed E-state index contributed by atoms with van der Waals surface area (Å²) in [5.41, 5.74) is 2.11. The van der Waals surface area contributed by atoms with E-state index in [4.69, 9.17) is 39.5 Å². The smallest absolute Gasteiger partial charge is 0.278 e. The van der Waals surface area contributed by atoms with Crippen molar-refractivity contribution in [2.45, 2.75) is 10.7 Å². The Morgan fingerprint density at radius 3 is 2.80 bits per heavy atom. The lowest BCUT2D eigenvalue weighted by atomic mass is 10.1. The van der Waals surface area contributed by atoms with Crippen LogP contribution in [0.5, 0.6) is 5.75 Å². The number of aromatic nitrogens is 1. The molecule has 0 radical (unpaired) electrons. The highest BCUT2D eigenvalue weighted by atomic mass is 35.6. The number of nitrogens with one attached hydrogen (secondary N) is 1. The number of anilines is 2. The molecule has 6 nitrogen and oxygen atoms in total. The van der Waals surface area contributed by atoms with Crippen LogP contribution in [0.15, 0.2) is 18.2 Å². The third-order valence-electron chi connectivity index (χ3n) is 3.59. The van der Waals surface area contributed by atoms with E-state index in [1.165, 1.54) is 16.2 Å². The highest BCUT2D eigenvalue weighted by molar-refractivity contribution is 7.16. The minimum atomic E-state index is -2.06. The number of carbonyl (C=O) groups is 2. The lowest BCUT2D eigenvalue weighted by Gasteiger charge is -2.26. The van der Waals surface area contributed by atoms with Crippen LogP contribution in [-0.2, 0) is 9.59 Å². The molecule has 0 unspecified atom stereocenters.